The molecule has 1 aliphatic rings. The average Bonchev–Trinajstić information content (AvgIpc) is 2.69. The maximum absolute atomic E-state index is 12.6. The highest BCUT2D eigenvalue weighted by Gasteiger charge is 2.20. The van der Waals surface area contributed by atoms with Crippen molar-refractivity contribution in [3.8, 4) is 0 Å². The molecule has 1 heterocycles. The van der Waals surface area contributed by atoms with Crippen molar-refractivity contribution in [2.75, 3.05) is 27.2 Å². The molecule has 5 nitrogen and oxygen atoms in total. The molecule has 1 N–H and O–H groups in total. The van der Waals surface area contributed by atoms with Crippen LogP contribution in [0.4, 0.5) is 0 Å². The summed E-state index contributed by atoms with van der Waals surface area (Å²) in [6.45, 7) is 2.36. The molecule has 0 radical (unpaired) electrons. The third-order valence-electron chi connectivity index (χ3n) is 4.79. The molecule has 0 aliphatic carbocycles. The van der Waals surface area contributed by atoms with E-state index >= 15 is 0 Å². The Balaban J connectivity index is 0.00000280. The summed E-state index contributed by atoms with van der Waals surface area (Å²) in [5.41, 5.74) is 3.71. The number of amides is 1. The first-order valence-electron chi connectivity index (χ1n) is 9.07. The van der Waals surface area contributed by atoms with Gasteiger partial charge in [-0.25, -0.2) is 0 Å². The van der Waals surface area contributed by atoms with Gasteiger partial charge in [-0.3, -0.25) is 9.79 Å². The Bertz CT molecular complexity index is 825. The van der Waals surface area contributed by atoms with Crippen LogP contribution < -0.4 is 5.32 Å². The van der Waals surface area contributed by atoms with Gasteiger partial charge in [-0.1, -0.05) is 48.0 Å². The summed E-state index contributed by atoms with van der Waals surface area (Å²) in [6.07, 6.45) is 0.910. The minimum atomic E-state index is 0. The van der Waals surface area contributed by atoms with E-state index in [1.54, 1.807) is 7.05 Å². The van der Waals surface area contributed by atoms with Gasteiger partial charge in [0.25, 0.3) is 0 Å². The SMILES string of the molecule is CN=C(NCC(=O)N1CCc2ccccc2C1)N(C)Cc1ccc(Cl)cc1.I. The van der Waals surface area contributed by atoms with Crippen LogP contribution in [0, 0.1) is 0 Å². The number of fused-ring (bicyclic) bond motifs is 1. The summed E-state index contributed by atoms with van der Waals surface area (Å²) in [5.74, 6) is 0.779. The topological polar surface area (TPSA) is 47.9 Å². The monoisotopic (exact) mass is 512 g/mol. The molecule has 2 aromatic carbocycles. The predicted octanol–water partition coefficient (Wildman–Crippen LogP) is 3.55. The molecular weight excluding hydrogens is 487 g/mol. The van der Waals surface area contributed by atoms with Gasteiger partial charge in [-0.05, 0) is 35.2 Å². The van der Waals surface area contributed by atoms with Crippen LogP contribution in [0.1, 0.15) is 16.7 Å². The zero-order valence-corrected chi connectivity index (χ0v) is 19.3. The lowest BCUT2D eigenvalue weighted by Gasteiger charge is -2.29. The standard InChI is InChI=1S/C21H25ClN4O.HI/c1-23-21(25(2)14-16-7-9-19(22)10-8-16)24-13-20(27)26-12-11-17-5-3-4-6-18(17)15-26;/h3-10H,11-15H2,1-2H3,(H,23,24);1H. The van der Waals surface area contributed by atoms with Gasteiger partial charge in [-0.2, -0.15) is 0 Å². The highest BCUT2D eigenvalue weighted by atomic mass is 127. The molecule has 1 amide bonds. The van der Waals surface area contributed by atoms with Crippen molar-refractivity contribution in [2.24, 2.45) is 4.99 Å². The van der Waals surface area contributed by atoms with E-state index < -0.39 is 0 Å². The van der Waals surface area contributed by atoms with E-state index in [9.17, 15) is 4.79 Å². The van der Waals surface area contributed by atoms with Gasteiger partial charge < -0.3 is 15.1 Å². The molecule has 0 atom stereocenters. The molecule has 0 aromatic heterocycles. The second-order valence-corrected chi connectivity index (χ2v) is 7.15. The fraction of sp³-hybridized carbons (Fsp3) is 0.333. The van der Waals surface area contributed by atoms with Gasteiger partial charge in [0.05, 0.1) is 6.54 Å². The number of carbonyl (C=O) groups is 1. The van der Waals surface area contributed by atoms with Crippen LogP contribution in [0.15, 0.2) is 53.5 Å². The first-order valence-corrected chi connectivity index (χ1v) is 9.45. The molecule has 7 heteroatoms. The van der Waals surface area contributed by atoms with Gasteiger partial charge in [-0.15, -0.1) is 24.0 Å². The maximum atomic E-state index is 12.6. The number of rotatable bonds is 4. The number of nitrogens with one attached hydrogen (secondary N) is 1. The lowest BCUT2D eigenvalue weighted by atomic mass is 10.00. The fourth-order valence-electron chi connectivity index (χ4n) is 3.30. The minimum absolute atomic E-state index is 0. The quantitative estimate of drug-likeness (QED) is 0.387. The van der Waals surface area contributed by atoms with Gasteiger partial charge in [0.15, 0.2) is 5.96 Å². The molecule has 1 aliphatic heterocycles. The number of aliphatic imine (C=N–C) groups is 1. The van der Waals surface area contributed by atoms with Gasteiger partial charge in [0.1, 0.15) is 0 Å². The summed E-state index contributed by atoms with van der Waals surface area (Å²) in [6, 6.07) is 16.0. The zero-order valence-electron chi connectivity index (χ0n) is 16.2. The molecule has 28 heavy (non-hydrogen) atoms. The van der Waals surface area contributed by atoms with E-state index in [2.05, 4.69) is 28.5 Å². The number of benzene rings is 2. The van der Waals surface area contributed by atoms with Crippen LogP contribution in [-0.2, 0) is 24.3 Å². The highest BCUT2D eigenvalue weighted by molar-refractivity contribution is 14.0. The van der Waals surface area contributed by atoms with Crippen molar-refractivity contribution in [2.45, 2.75) is 19.5 Å². The lowest BCUT2D eigenvalue weighted by molar-refractivity contribution is -0.130. The molecule has 2 aromatic rings. The van der Waals surface area contributed by atoms with E-state index in [1.165, 1.54) is 11.1 Å². The van der Waals surface area contributed by atoms with Crippen LogP contribution >= 0.6 is 35.6 Å². The minimum Gasteiger partial charge on any atom is -0.347 e. The molecule has 0 saturated carbocycles. The van der Waals surface area contributed by atoms with Crippen molar-refractivity contribution >= 4 is 47.4 Å². The van der Waals surface area contributed by atoms with Crippen LogP contribution in [0.2, 0.25) is 5.02 Å². The Morgan fingerprint density at radius 1 is 1.18 bits per heavy atom. The van der Waals surface area contributed by atoms with E-state index in [1.807, 2.05) is 47.2 Å². The first kappa shape index (κ1) is 22.5. The van der Waals surface area contributed by atoms with Crippen LogP contribution in [0.3, 0.4) is 0 Å². The van der Waals surface area contributed by atoms with Crippen LogP contribution in [0.25, 0.3) is 0 Å². The highest BCUT2D eigenvalue weighted by Crippen LogP contribution is 2.18. The van der Waals surface area contributed by atoms with Crippen molar-refractivity contribution in [1.82, 2.24) is 15.1 Å². The van der Waals surface area contributed by atoms with Crippen LogP contribution in [0.5, 0.6) is 0 Å². The fourth-order valence-corrected chi connectivity index (χ4v) is 3.42. The summed E-state index contributed by atoms with van der Waals surface area (Å²) < 4.78 is 0. The Morgan fingerprint density at radius 3 is 2.54 bits per heavy atom. The smallest absolute Gasteiger partial charge is 0.242 e. The lowest BCUT2D eigenvalue weighted by Crippen LogP contribution is -2.46. The van der Waals surface area contributed by atoms with Crippen molar-refractivity contribution in [1.29, 1.82) is 0 Å². The second-order valence-electron chi connectivity index (χ2n) is 6.72. The largest absolute Gasteiger partial charge is 0.347 e. The van der Waals surface area contributed by atoms with Crippen molar-refractivity contribution in [3.05, 3.63) is 70.2 Å². The average molecular weight is 513 g/mol. The second kappa shape index (κ2) is 10.7. The number of hydrogen-bond acceptors (Lipinski definition) is 2. The number of halogens is 2. The number of carbonyl (C=O) groups excluding carboxylic acids is 1. The van der Waals surface area contributed by atoms with Crippen LogP contribution in [-0.4, -0.2) is 48.9 Å². The van der Waals surface area contributed by atoms with E-state index in [4.69, 9.17) is 11.6 Å². The molecule has 3 rings (SSSR count). The first-order chi connectivity index (χ1) is 13.1. The summed E-state index contributed by atoms with van der Waals surface area (Å²) >= 11 is 5.94. The molecular formula is C21H26ClIN4O. The Labute approximate surface area is 188 Å². The number of guanidine groups is 1. The molecule has 0 fully saturated rings. The Morgan fingerprint density at radius 2 is 1.86 bits per heavy atom. The normalized spacial score (nSPS) is 13.4. The van der Waals surface area contributed by atoms with E-state index in [-0.39, 0.29) is 36.4 Å². The zero-order chi connectivity index (χ0) is 19.2. The third-order valence-corrected chi connectivity index (χ3v) is 5.04. The predicted molar refractivity (Wildman–Crippen MR) is 125 cm³/mol. The molecule has 0 unspecified atom stereocenters. The van der Waals surface area contributed by atoms with Gasteiger partial charge in [0.2, 0.25) is 5.91 Å². The summed E-state index contributed by atoms with van der Waals surface area (Å²) in [4.78, 5) is 20.8. The molecule has 150 valence electrons. The van der Waals surface area contributed by atoms with E-state index in [0.717, 1.165) is 23.6 Å². The van der Waals surface area contributed by atoms with Gasteiger partial charge >= 0.3 is 0 Å². The van der Waals surface area contributed by atoms with Gasteiger partial charge in [0, 0.05) is 38.8 Å². The number of nitrogens with zero attached hydrogens (tertiary/aromatic N) is 3. The Kier molecular flexibility index (Phi) is 8.57. The van der Waals surface area contributed by atoms with E-state index in [0.29, 0.717) is 19.0 Å². The molecule has 0 bridgehead atoms. The number of hydrogen-bond donors (Lipinski definition) is 1. The molecule has 0 saturated heterocycles. The van der Waals surface area contributed by atoms with Crippen molar-refractivity contribution in [3.63, 3.8) is 0 Å². The van der Waals surface area contributed by atoms with Crippen molar-refractivity contribution < 1.29 is 4.79 Å². The molecule has 0 spiro atoms. The summed E-state index contributed by atoms with van der Waals surface area (Å²) in [7, 11) is 3.67. The summed E-state index contributed by atoms with van der Waals surface area (Å²) in [5, 5.41) is 3.90. The third kappa shape index (κ3) is 5.85. The Hall–Kier alpha value is -1.80. The maximum Gasteiger partial charge on any atom is 0.242 e.